The van der Waals surface area contributed by atoms with Gasteiger partial charge < -0.3 is 9.53 Å². The quantitative estimate of drug-likeness (QED) is 0.734. The molecule has 1 heterocycles. The summed E-state index contributed by atoms with van der Waals surface area (Å²) < 4.78 is 18.8. The van der Waals surface area contributed by atoms with Crippen molar-refractivity contribution in [1.82, 2.24) is 0 Å². The summed E-state index contributed by atoms with van der Waals surface area (Å²) in [6.07, 6.45) is 2.53. The fraction of sp³-hybridized carbons (Fsp3) is 0.462. The number of hydrogen-bond acceptors (Lipinski definition) is 2. The van der Waals surface area contributed by atoms with Crippen molar-refractivity contribution in [2.45, 2.75) is 18.8 Å². The molecule has 0 aliphatic carbocycles. The number of hydrogen-bond donors (Lipinski definition) is 0. The normalized spacial score (nSPS) is 19.3. The second-order valence-electron chi connectivity index (χ2n) is 4.13. The maximum Gasteiger partial charge on any atom is 0.127 e. The number of rotatable bonds is 3. The minimum Gasteiger partial charge on any atom is -0.381 e. The third kappa shape index (κ3) is 2.30. The first-order valence-corrected chi connectivity index (χ1v) is 5.60. The monoisotopic (exact) mass is 222 g/mol. The maximum absolute atomic E-state index is 13.6. The second-order valence-corrected chi connectivity index (χ2v) is 4.13. The molecule has 1 saturated heterocycles. The van der Waals surface area contributed by atoms with E-state index >= 15 is 0 Å². The van der Waals surface area contributed by atoms with Crippen molar-refractivity contribution in [2.75, 3.05) is 13.2 Å². The summed E-state index contributed by atoms with van der Waals surface area (Å²) in [6.45, 7) is 1.34. The van der Waals surface area contributed by atoms with Crippen LogP contribution in [-0.4, -0.2) is 19.5 Å². The molecule has 2 nitrogen and oxygen atoms in total. The summed E-state index contributed by atoms with van der Waals surface area (Å²) in [5.74, 6) is -0.403. The summed E-state index contributed by atoms with van der Waals surface area (Å²) in [6, 6.07) is 6.52. The van der Waals surface area contributed by atoms with Crippen LogP contribution in [0.3, 0.4) is 0 Å². The molecule has 0 radical (unpaired) electrons. The highest BCUT2D eigenvalue weighted by atomic mass is 19.1. The van der Waals surface area contributed by atoms with Gasteiger partial charge in [-0.3, -0.25) is 0 Å². The average Bonchev–Trinajstić information content (AvgIpc) is 2.34. The van der Waals surface area contributed by atoms with Crippen LogP contribution < -0.4 is 0 Å². The van der Waals surface area contributed by atoms with E-state index in [1.165, 1.54) is 6.07 Å². The van der Waals surface area contributed by atoms with Crippen LogP contribution in [0.5, 0.6) is 0 Å². The van der Waals surface area contributed by atoms with Crippen molar-refractivity contribution >= 4 is 6.29 Å². The Morgan fingerprint density at radius 3 is 2.62 bits per heavy atom. The maximum atomic E-state index is 13.6. The number of carbonyl (C=O) groups excluding carboxylic acids is 1. The average molecular weight is 222 g/mol. The van der Waals surface area contributed by atoms with Gasteiger partial charge in [-0.15, -0.1) is 0 Å². The van der Waals surface area contributed by atoms with Gasteiger partial charge in [-0.25, -0.2) is 4.39 Å². The largest absolute Gasteiger partial charge is 0.381 e. The second kappa shape index (κ2) is 5.21. The Morgan fingerprint density at radius 2 is 2.00 bits per heavy atom. The number of ether oxygens (including phenoxy) is 1. The van der Waals surface area contributed by atoms with Crippen molar-refractivity contribution in [3.8, 4) is 0 Å². The first kappa shape index (κ1) is 11.3. The molecule has 0 spiro atoms. The van der Waals surface area contributed by atoms with Gasteiger partial charge in [0.05, 0.1) is 0 Å². The standard InChI is InChI=1S/C13H15FO2/c14-13-4-2-1-3-11(13)12(9-15)10-5-7-16-8-6-10/h1-4,9-10,12H,5-8H2. The fourth-order valence-corrected chi connectivity index (χ4v) is 2.26. The molecule has 1 atom stereocenters. The third-order valence-electron chi connectivity index (χ3n) is 3.18. The van der Waals surface area contributed by atoms with Crippen LogP contribution in [0.25, 0.3) is 0 Å². The summed E-state index contributed by atoms with van der Waals surface area (Å²) in [7, 11) is 0. The zero-order valence-corrected chi connectivity index (χ0v) is 9.06. The topological polar surface area (TPSA) is 26.3 Å². The summed E-state index contributed by atoms with van der Waals surface area (Å²) in [4.78, 5) is 11.1. The van der Waals surface area contributed by atoms with Crippen LogP contribution in [-0.2, 0) is 9.53 Å². The Morgan fingerprint density at radius 1 is 1.31 bits per heavy atom. The van der Waals surface area contributed by atoms with Crippen molar-refractivity contribution < 1.29 is 13.9 Å². The molecule has 2 rings (SSSR count). The highest BCUT2D eigenvalue weighted by Crippen LogP contribution is 2.31. The minimum atomic E-state index is -0.329. The Hall–Kier alpha value is -1.22. The predicted molar refractivity (Wildman–Crippen MR) is 58.7 cm³/mol. The van der Waals surface area contributed by atoms with Crippen molar-refractivity contribution in [2.24, 2.45) is 5.92 Å². The van der Waals surface area contributed by atoms with E-state index in [0.29, 0.717) is 18.8 Å². The molecule has 16 heavy (non-hydrogen) atoms. The van der Waals surface area contributed by atoms with E-state index in [1.54, 1.807) is 18.2 Å². The third-order valence-corrected chi connectivity index (χ3v) is 3.18. The number of aldehydes is 1. The van der Waals surface area contributed by atoms with Crippen molar-refractivity contribution in [3.05, 3.63) is 35.6 Å². The Kier molecular flexibility index (Phi) is 3.67. The van der Waals surface area contributed by atoms with Gasteiger partial charge in [-0.2, -0.15) is 0 Å². The smallest absolute Gasteiger partial charge is 0.127 e. The van der Waals surface area contributed by atoms with Crippen LogP contribution in [0.4, 0.5) is 4.39 Å². The van der Waals surface area contributed by atoms with E-state index in [9.17, 15) is 9.18 Å². The zero-order chi connectivity index (χ0) is 11.4. The molecule has 0 amide bonds. The molecule has 1 aromatic carbocycles. The lowest BCUT2D eigenvalue weighted by Gasteiger charge is -2.27. The molecule has 0 aromatic heterocycles. The highest BCUT2D eigenvalue weighted by Gasteiger charge is 2.26. The van der Waals surface area contributed by atoms with E-state index in [0.717, 1.165) is 19.1 Å². The fourth-order valence-electron chi connectivity index (χ4n) is 2.26. The summed E-state index contributed by atoms with van der Waals surface area (Å²) in [5.41, 5.74) is 0.518. The van der Waals surface area contributed by atoms with Gasteiger partial charge in [0.25, 0.3) is 0 Å². The lowest BCUT2D eigenvalue weighted by Crippen LogP contribution is -2.23. The lowest BCUT2D eigenvalue weighted by atomic mass is 9.82. The number of benzene rings is 1. The van der Waals surface area contributed by atoms with Gasteiger partial charge in [0, 0.05) is 19.1 Å². The Bertz CT molecular complexity index is 359. The molecule has 1 aliphatic rings. The molecule has 0 N–H and O–H groups in total. The van der Waals surface area contributed by atoms with Gasteiger partial charge in [-0.1, -0.05) is 18.2 Å². The van der Waals surface area contributed by atoms with Crippen LogP contribution in [0.15, 0.2) is 24.3 Å². The van der Waals surface area contributed by atoms with Gasteiger partial charge in [-0.05, 0) is 30.4 Å². The first-order chi connectivity index (χ1) is 7.83. The van der Waals surface area contributed by atoms with E-state index in [4.69, 9.17) is 4.74 Å². The van der Waals surface area contributed by atoms with E-state index in [2.05, 4.69) is 0 Å². The summed E-state index contributed by atoms with van der Waals surface area (Å²) >= 11 is 0. The lowest BCUT2D eigenvalue weighted by molar-refractivity contribution is -0.111. The van der Waals surface area contributed by atoms with E-state index < -0.39 is 0 Å². The van der Waals surface area contributed by atoms with Gasteiger partial charge in [0.2, 0.25) is 0 Å². The molecule has 0 saturated carbocycles. The zero-order valence-electron chi connectivity index (χ0n) is 9.06. The predicted octanol–water partition coefficient (Wildman–Crippen LogP) is 2.53. The number of carbonyl (C=O) groups is 1. The first-order valence-electron chi connectivity index (χ1n) is 5.60. The molecule has 1 fully saturated rings. The van der Waals surface area contributed by atoms with Gasteiger partial charge in [0.1, 0.15) is 12.1 Å². The molecule has 3 heteroatoms. The molecule has 1 unspecified atom stereocenters. The van der Waals surface area contributed by atoms with Gasteiger partial charge in [0.15, 0.2) is 0 Å². The molecule has 1 aromatic rings. The Balaban J connectivity index is 2.21. The van der Waals surface area contributed by atoms with Crippen LogP contribution in [0, 0.1) is 11.7 Å². The summed E-state index contributed by atoms with van der Waals surface area (Å²) in [5, 5.41) is 0. The van der Waals surface area contributed by atoms with Crippen molar-refractivity contribution in [1.29, 1.82) is 0 Å². The Labute approximate surface area is 94.4 Å². The van der Waals surface area contributed by atoms with Crippen LogP contribution >= 0.6 is 0 Å². The van der Waals surface area contributed by atoms with Gasteiger partial charge >= 0.3 is 0 Å². The molecular weight excluding hydrogens is 207 g/mol. The van der Waals surface area contributed by atoms with E-state index in [1.807, 2.05) is 0 Å². The minimum absolute atomic E-state index is 0.211. The van der Waals surface area contributed by atoms with E-state index in [-0.39, 0.29) is 17.7 Å². The van der Waals surface area contributed by atoms with Crippen LogP contribution in [0.1, 0.15) is 24.3 Å². The SMILES string of the molecule is O=CC(c1ccccc1F)C1CCOCC1. The van der Waals surface area contributed by atoms with Crippen molar-refractivity contribution in [3.63, 3.8) is 0 Å². The molecule has 1 aliphatic heterocycles. The molecule has 0 bridgehead atoms. The number of halogens is 1. The molecule has 86 valence electrons. The van der Waals surface area contributed by atoms with Crippen LogP contribution in [0.2, 0.25) is 0 Å². The molecular formula is C13H15FO2. The highest BCUT2D eigenvalue weighted by molar-refractivity contribution is 5.62.